The Kier molecular flexibility index (Phi) is 3.34. The van der Waals surface area contributed by atoms with E-state index in [9.17, 15) is 4.79 Å². The topological polar surface area (TPSA) is 43.6 Å². The highest BCUT2D eigenvalue weighted by Gasteiger charge is 2.12. The van der Waals surface area contributed by atoms with E-state index in [1.165, 1.54) is 0 Å². The number of fused-ring (bicyclic) bond motifs is 1. The molecule has 0 unspecified atom stereocenters. The molecule has 0 aliphatic rings. The molecule has 0 fully saturated rings. The van der Waals surface area contributed by atoms with Crippen molar-refractivity contribution in [3.05, 3.63) is 32.7 Å². The van der Waals surface area contributed by atoms with Crippen LogP contribution in [0.5, 0.6) is 0 Å². The van der Waals surface area contributed by atoms with E-state index in [-0.39, 0.29) is 0 Å². The van der Waals surface area contributed by atoms with Crippen LogP contribution in [-0.2, 0) is 4.74 Å². The minimum absolute atomic E-state index is 0.292. The lowest BCUT2D eigenvalue weighted by atomic mass is 10.5. The third kappa shape index (κ3) is 2.15. The SMILES string of the molecule is CCOC(=O)c1cn2cc(I)c(Cl)cc2n1. The van der Waals surface area contributed by atoms with Crippen LogP contribution in [0.25, 0.3) is 5.65 Å². The minimum Gasteiger partial charge on any atom is -0.461 e. The molecule has 2 rings (SSSR count). The monoisotopic (exact) mass is 350 g/mol. The molecule has 0 spiro atoms. The predicted molar refractivity (Wildman–Crippen MR) is 68.9 cm³/mol. The highest BCUT2D eigenvalue weighted by Crippen LogP contribution is 2.20. The zero-order valence-corrected chi connectivity index (χ0v) is 11.3. The molecule has 0 saturated carbocycles. The number of carbonyl (C=O) groups is 1. The minimum atomic E-state index is -0.419. The van der Waals surface area contributed by atoms with E-state index in [2.05, 4.69) is 27.6 Å². The Morgan fingerprint density at radius 3 is 3.06 bits per heavy atom. The highest BCUT2D eigenvalue weighted by molar-refractivity contribution is 14.1. The summed E-state index contributed by atoms with van der Waals surface area (Å²) < 4.78 is 7.52. The summed E-state index contributed by atoms with van der Waals surface area (Å²) in [7, 11) is 0. The molecule has 0 N–H and O–H groups in total. The summed E-state index contributed by atoms with van der Waals surface area (Å²) in [6.45, 7) is 2.10. The second-order valence-corrected chi connectivity index (χ2v) is 4.65. The molecule has 16 heavy (non-hydrogen) atoms. The summed E-state index contributed by atoms with van der Waals surface area (Å²) in [6.07, 6.45) is 3.44. The number of pyridine rings is 1. The smallest absolute Gasteiger partial charge is 0.358 e. The van der Waals surface area contributed by atoms with Gasteiger partial charge in [-0.2, -0.15) is 0 Å². The average Bonchev–Trinajstić information content (AvgIpc) is 2.62. The quantitative estimate of drug-likeness (QED) is 0.618. The lowest BCUT2D eigenvalue weighted by Crippen LogP contribution is -2.04. The van der Waals surface area contributed by atoms with Gasteiger partial charge in [-0.1, -0.05) is 11.6 Å². The fourth-order valence-corrected chi connectivity index (χ4v) is 1.89. The van der Waals surface area contributed by atoms with Crippen molar-refractivity contribution in [2.24, 2.45) is 0 Å². The second kappa shape index (κ2) is 4.58. The maximum absolute atomic E-state index is 11.5. The Labute approximate surface area is 111 Å². The van der Waals surface area contributed by atoms with Crippen LogP contribution in [0.3, 0.4) is 0 Å². The molecule has 0 bridgehead atoms. The molecule has 0 radical (unpaired) electrons. The van der Waals surface area contributed by atoms with Gasteiger partial charge in [0.25, 0.3) is 0 Å². The van der Waals surface area contributed by atoms with E-state index < -0.39 is 5.97 Å². The summed E-state index contributed by atoms with van der Waals surface area (Å²) in [6, 6.07) is 1.71. The third-order valence-corrected chi connectivity index (χ3v) is 3.47. The van der Waals surface area contributed by atoms with E-state index in [1.54, 1.807) is 23.6 Å². The first-order valence-electron chi connectivity index (χ1n) is 4.62. The van der Waals surface area contributed by atoms with Crippen LogP contribution in [0, 0.1) is 3.57 Å². The Balaban J connectivity index is 2.48. The molecule has 0 aliphatic carbocycles. The largest absolute Gasteiger partial charge is 0.461 e. The predicted octanol–water partition coefficient (Wildman–Crippen LogP) is 2.77. The van der Waals surface area contributed by atoms with Crippen molar-refractivity contribution < 1.29 is 9.53 Å². The van der Waals surface area contributed by atoms with Gasteiger partial charge in [-0.3, -0.25) is 0 Å². The van der Waals surface area contributed by atoms with Crippen LogP contribution in [0.4, 0.5) is 0 Å². The zero-order valence-electron chi connectivity index (χ0n) is 8.41. The molecule has 2 aromatic rings. The number of hydrogen-bond acceptors (Lipinski definition) is 3. The molecule has 2 aromatic heterocycles. The van der Waals surface area contributed by atoms with Crippen molar-refractivity contribution in [3.63, 3.8) is 0 Å². The van der Waals surface area contributed by atoms with Crippen molar-refractivity contribution in [3.8, 4) is 0 Å². The Morgan fingerprint density at radius 2 is 2.38 bits per heavy atom. The molecule has 0 aliphatic heterocycles. The second-order valence-electron chi connectivity index (χ2n) is 3.08. The maximum Gasteiger partial charge on any atom is 0.358 e. The number of hydrogen-bond donors (Lipinski definition) is 0. The van der Waals surface area contributed by atoms with E-state index >= 15 is 0 Å². The summed E-state index contributed by atoms with van der Waals surface area (Å²) in [5.41, 5.74) is 0.924. The average molecular weight is 351 g/mol. The van der Waals surface area contributed by atoms with E-state index in [0.717, 1.165) is 3.57 Å². The molecule has 0 atom stereocenters. The number of rotatable bonds is 2. The molecule has 0 aromatic carbocycles. The van der Waals surface area contributed by atoms with Crippen LogP contribution in [0.2, 0.25) is 5.02 Å². The lowest BCUT2D eigenvalue weighted by molar-refractivity contribution is 0.0520. The number of nitrogens with zero attached hydrogens (tertiary/aromatic N) is 2. The summed E-state index contributed by atoms with van der Waals surface area (Å²) in [5, 5.41) is 0.620. The van der Waals surface area contributed by atoms with Gasteiger partial charge in [0, 0.05) is 22.0 Å². The summed E-state index contributed by atoms with van der Waals surface area (Å²) in [5.74, 6) is -0.419. The maximum atomic E-state index is 11.5. The fourth-order valence-electron chi connectivity index (χ4n) is 1.29. The molecule has 0 amide bonds. The van der Waals surface area contributed by atoms with Gasteiger partial charge >= 0.3 is 5.97 Å². The molecule has 6 heteroatoms. The van der Waals surface area contributed by atoms with Gasteiger partial charge in [0.2, 0.25) is 0 Å². The van der Waals surface area contributed by atoms with Crippen molar-refractivity contribution >= 4 is 45.8 Å². The Hall–Kier alpha value is -0.820. The zero-order chi connectivity index (χ0) is 11.7. The molecule has 84 valence electrons. The van der Waals surface area contributed by atoms with Gasteiger partial charge in [0.05, 0.1) is 11.6 Å². The first-order chi connectivity index (χ1) is 7.61. The van der Waals surface area contributed by atoms with E-state index in [4.69, 9.17) is 16.3 Å². The van der Waals surface area contributed by atoms with Gasteiger partial charge in [-0.05, 0) is 29.5 Å². The third-order valence-electron chi connectivity index (χ3n) is 1.98. The van der Waals surface area contributed by atoms with Gasteiger partial charge in [-0.15, -0.1) is 0 Å². The van der Waals surface area contributed by atoms with Gasteiger partial charge in [0.15, 0.2) is 5.69 Å². The normalized spacial score (nSPS) is 10.7. The standard InChI is InChI=1S/C10H8ClIN2O2/c1-2-16-10(15)8-5-14-4-7(12)6(11)3-9(14)13-8/h3-5H,2H2,1H3. The Bertz CT molecular complexity index is 514. The van der Waals surface area contributed by atoms with Gasteiger partial charge in [0.1, 0.15) is 5.65 Å². The number of halogens is 2. The fraction of sp³-hybridized carbons (Fsp3) is 0.200. The van der Waals surface area contributed by atoms with Crippen molar-refractivity contribution in [2.75, 3.05) is 6.61 Å². The van der Waals surface area contributed by atoms with Gasteiger partial charge in [-0.25, -0.2) is 9.78 Å². The van der Waals surface area contributed by atoms with Crippen molar-refractivity contribution in [1.82, 2.24) is 9.38 Å². The van der Waals surface area contributed by atoms with Gasteiger partial charge < -0.3 is 9.14 Å². The van der Waals surface area contributed by atoms with Crippen LogP contribution in [0.15, 0.2) is 18.5 Å². The van der Waals surface area contributed by atoms with Crippen LogP contribution >= 0.6 is 34.2 Å². The molecule has 4 nitrogen and oxygen atoms in total. The highest BCUT2D eigenvalue weighted by atomic mass is 127. The molecular weight excluding hydrogens is 342 g/mol. The van der Waals surface area contributed by atoms with Crippen LogP contribution in [-0.4, -0.2) is 22.0 Å². The summed E-state index contributed by atoms with van der Waals surface area (Å²) >= 11 is 8.08. The van der Waals surface area contributed by atoms with E-state index in [1.807, 2.05) is 6.20 Å². The molecule has 2 heterocycles. The first kappa shape index (κ1) is 11.7. The molecule has 0 saturated heterocycles. The van der Waals surface area contributed by atoms with E-state index in [0.29, 0.717) is 23.0 Å². The van der Waals surface area contributed by atoms with Crippen LogP contribution < -0.4 is 0 Å². The lowest BCUT2D eigenvalue weighted by Gasteiger charge is -1.96. The number of aromatic nitrogens is 2. The number of ether oxygens (including phenoxy) is 1. The number of carbonyl (C=O) groups excluding carboxylic acids is 1. The Morgan fingerprint density at radius 1 is 1.62 bits per heavy atom. The van der Waals surface area contributed by atoms with Crippen molar-refractivity contribution in [2.45, 2.75) is 6.92 Å². The van der Waals surface area contributed by atoms with Crippen LogP contribution in [0.1, 0.15) is 17.4 Å². The summed E-state index contributed by atoms with van der Waals surface area (Å²) in [4.78, 5) is 15.6. The van der Waals surface area contributed by atoms with Crippen molar-refractivity contribution in [1.29, 1.82) is 0 Å². The first-order valence-corrected chi connectivity index (χ1v) is 6.08. The molecular formula is C10H8ClIN2O2. The number of esters is 1. The number of imidazole rings is 1.